The zero-order valence-electron chi connectivity index (χ0n) is 11.3. The molecule has 0 bridgehead atoms. The van der Waals surface area contributed by atoms with Gasteiger partial charge in [0.1, 0.15) is 4.90 Å². The number of hydrogen-bond donors (Lipinski definition) is 3. The van der Waals surface area contributed by atoms with Gasteiger partial charge in [-0.05, 0) is 24.1 Å². The lowest BCUT2D eigenvalue weighted by molar-refractivity contribution is -0.120. The Morgan fingerprint density at radius 3 is 2.60 bits per heavy atom. The van der Waals surface area contributed by atoms with Crippen LogP contribution in [-0.4, -0.2) is 27.4 Å². The second-order valence-electron chi connectivity index (χ2n) is 4.70. The second kappa shape index (κ2) is 6.92. The Bertz CT molecular complexity index is 588. The molecule has 1 aromatic carbocycles. The van der Waals surface area contributed by atoms with Crippen LogP contribution in [-0.2, 0) is 14.8 Å². The van der Waals surface area contributed by atoms with Crippen molar-refractivity contribution in [3.8, 4) is 0 Å². The number of carbonyl (C=O) groups excluding carboxylic acids is 1. The van der Waals surface area contributed by atoms with Crippen molar-refractivity contribution in [1.29, 1.82) is 0 Å². The smallest absolute Gasteiger partial charge is 0.243 e. The van der Waals surface area contributed by atoms with E-state index in [2.05, 4.69) is 10.0 Å². The molecule has 20 heavy (non-hydrogen) atoms. The lowest BCUT2D eigenvalue weighted by Crippen LogP contribution is -2.38. The van der Waals surface area contributed by atoms with Gasteiger partial charge in [-0.15, -0.1) is 0 Å². The Morgan fingerprint density at radius 1 is 1.40 bits per heavy atom. The Morgan fingerprint density at radius 2 is 2.05 bits per heavy atom. The maximum Gasteiger partial charge on any atom is 0.243 e. The normalized spacial score (nSPS) is 11.6. The Labute approximate surface area is 123 Å². The third-order valence-corrected chi connectivity index (χ3v) is 4.10. The van der Waals surface area contributed by atoms with Gasteiger partial charge in [0.2, 0.25) is 15.9 Å². The molecule has 0 aliphatic heterocycles. The molecule has 1 rings (SSSR count). The van der Waals surface area contributed by atoms with E-state index in [0.29, 0.717) is 17.5 Å². The first-order valence-electron chi connectivity index (χ1n) is 6.04. The molecule has 0 fully saturated rings. The van der Waals surface area contributed by atoms with Crippen LogP contribution in [0.2, 0.25) is 5.02 Å². The van der Waals surface area contributed by atoms with Crippen LogP contribution in [0.25, 0.3) is 0 Å². The molecule has 0 saturated carbocycles. The molecule has 8 heteroatoms. The third-order valence-electron chi connectivity index (χ3n) is 2.39. The monoisotopic (exact) mass is 319 g/mol. The summed E-state index contributed by atoms with van der Waals surface area (Å²) >= 11 is 5.71. The number of halogens is 1. The molecule has 1 aromatic rings. The molecule has 0 atom stereocenters. The van der Waals surface area contributed by atoms with E-state index in [1.807, 2.05) is 13.8 Å². The summed E-state index contributed by atoms with van der Waals surface area (Å²) in [6.07, 6.45) is 0. The molecule has 0 aliphatic carbocycles. The minimum atomic E-state index is -3.84. The number of rotatable bonds is 6. The van der Waals surface area contributed by atoms with Gasteiger partial charge in [-0.25, -0.2) is 13.1 Å². The number of nitrogens with one attached hydrogen (secondary N) is 2. The maximum atomic E-state index is 12.0. The highest BCUT2D eigenvalue weighted by Crippen LogP contribution is 2.21. The van der Waals surface area contributed by atoms with Gasteiger partial charge in [0.25, 0.3) is 0 Å². The Balaban J connectivity index is 2.68. The Hall–Kier alpha value is -1.31. The number of carbonyl (C=O) groups is 1. The summed E-state index contributed by atoms with van der Waals surface area (Å²) in [4.78, 5) is 11.4. The van der Waals surface area contributed by atoms with Gasteiger partial charge in [-0.2, -0.15) is 0 Å². The van der Waals surface area contributed by atoms with E-state index in [1.54, 1.807) is 0 Å². The van der Waals surface area contributed by atoms with Crippen LogP contribution in [0, 0.1) is 5.92 Å². The minimum absolute atomic E-state index is 0.0348. The van der Waals surface area contributed by atoms with Crippen LogP contribution >= 0.6 is 11.6 Å². The van der Waals surface area contributed by atoms with Crippen molar-refractivity contribution in [3.63, 3.8) is 0 Å². The summed E-state index contributed by atoms with van der Waals surface area (Å²) in [5.74, 6) is -0.0997. The standard InChI is InChI=1S/C12H18ClN3O3S/c1-8(2)6-15-12(17)7-16-20(18,19)11-4-3-9(13)5-10(11)14/h3-5,8,16H,6-7,14H2,1-2H3,(H,15,17). The van der Waals surface area contributed by atoms with E-state index in [4.69, 9.17) is 17.3 Å². The van der Waals surface area contributed by atoms with Gasteiger partial charge in [0.15, 0.2) is 0 Å². The van der Waals surface area contributed by atoms with Crippen molar-refractivity contribution >= 4 is 33.2 Å². The third kappa shape index (κ3) is 4.99. The largest absolute Gasteiger partial charge is 0.398 e. The van der Waals surface area contributed by atoms with Crippen molar-refractivity contribution in [2.45, 2.75) is 18.7 Å². The SMILES string of the molecule is CC(C)CNC(=O)CNS(=O)(=O)c1ccc(Cl)cc1N. The first-order valence-corrected chi connectivity index (χ1v) is 7.90. The van der Waals surface area contributed by atoms with Crippen LogP contribution in [0.4, 0.5) is 5.69 Å². The molecule has 0 radical (unpaired) electrons. The lowest BCUT2D eigenvalue weighted by Gasteiger charge is -2.10. The maximum absolute atomic E-state index is 12.0. The number of amides is 1. The summed E-state index contributed by atoms with van der Waals surface area (Å²) in [5.41, 5.74) is 5.64. The molecular weight excluding hydrogens is 302 g/mol. The van der Waals surface area contributed by atoms with E-state index >= 15 is 0 Å². The van der Waals surface area contributed by atoms with E-state index in [1.165, 1.54) is 18.2 Å². The summed E-state index contributed by atoms with van der Waals surface area (Å²) in [6.45, 7) is 4.04. The Kier molecular flexibility index (Phi) is 5.79. The van der Waals surface area contributed by atoms with Gasteiger partial charge >= 0.3 is 0 Å². The van der Waals surface area contributed by atoms with Crippen LogP contribution in [0.3, 0.4) is 0 Å². The molecule has 0 unspecified atom stereocenters. The van der Waals surface area contributed by atoms with Gasteiger partial charge in [0, 0.05) is 11.6 Å². The van der Waals surface area contributed by atoms with E-state index < -0.39 is 15.9 Å². The summed E-state index contributed by atoms with van der Waals surface area (Å²) in [7, 11) is -3.84. The number of anilines is 1. The van der Waals surface area contributed by atoms with Crippen molar-refractivity contribution in [1.82, 2.24) is 10.0 Å². The fourth-order valence-corrected chi connectivity index (χ4v) is 2.66. The van der Waals surface area contributed by atoms with Crippen LogP contribution in [0.5, 0.6) is 0 Å². The zero-order chi connectivity index (χ0) is 15.3. The average Bonchev–Trinajstić information content (AvgIpc) is 2.33. The van der Waals surface area contributed by atoms with Gasteiger partial charge in [0.05, 0.1) is 12.2 Å². The highest BCUT2D eigenvalue weighted by Gasteiger charge is 2.18. The molecule has 0 heterocycles. The van der Waals surface area contributed by atoms with E-state index in [0.717, 1.165) is 0 Å². The molecule has 112 valence electrons. The molecule has 0 spiro atoms. The first-order chi connectivity index (χ1) is 9.22. The fraction of sp³-hybridized carbons (Fsp3) is 0.417. The van der Waals surface area contributed by atoms with Gasteiger partial charge < -0.3 is 11.1 Å². The van der Waals surface area contributed by atoms with Gasteiger partial charge in [-0.1, -0.05) is 25.4 Å². The van der Waals surface area contributed by atoms with Crippen LogP contribution in [0.15, 0.2) is 23.1 Å². The van der Waals surface area contributed by atoms with E-state index in [9.17, 15) is 13.2 Å². The van der Waals surface area contributed by atoms with Crippen molar-refractivity contribution in [3.05, 3.63) is 23.2 Å². The minimum Gasteiger partial charge on any atom is -0.398 e. The zero-order valence-corrected chi connectivity index (χ0v) is 12.9. The van der Waals surface area contributed by atoms with Crippen molar-refractivity contribution < 1.29 is 13.2 Å². The van der Waals surface area contributed by atoms with Gasteiger partial charge in [-0.3, -0.25) is 4.79 Å². The lowest BCUT2D eigenvalue weighted by atomic mass is 10.2. The molecule has 1 amide bonds. The summed E-state index contributed by atoms with van der Waals surface area (Å²) < 4.78 is 26.2. The quantitative estimate of drug-likeness (QED) is 0.680. The first kappa shape index (κ1) is 16.7. The number of hydrogen-bond acceptors (Lipinski definition) is 4. The second-order valence-corrected chi connectivity index (χ2v) is 6.88. The van der Waals surface area contributed by atoms with Crippen molar-refractivity contribution in [2.24, 2.45) is 5.92 Å². The fourth-order valence-electron chi connectivity index (χ4n) is 1.38. The highest BCUT2D eigenvalue weighted by molar-refractivity contribution is 7.89. The molecule has 4 N–H and O–H groups in total. The molecule has 0 aliphatic rings. The van der Waals surface area contributed by atoms with Crippen molar-refractivity contribution in [2.75, 3.05) is 18.8 Å². The predicted octanol–water partition coefficient (Wildman–Crippen LogP) is 0.973. The van der Waals surface area contributed by atoms with Crippen LogP contribution in [0.1, 0.15) is 13.8 Å². The number of sulfonamides is 1. The molecule has 0 aromatic heterocycles. The topological polar surface area (TPSA) is 101 Å². The number of nitrogen functional groups attached to an aromatic ring is 1. The summed E-state index contributed by atoms with van der Waals surface area (Å²) in [6, 6.07) is 4.06. The molecule has 6 nitrogen and oxygen atoms in total. The highest BCUT2D eigenvalue weighted by atomic mass is 35.5. The molecular formula is C12H18ClN3O3S. The summed E-state index contributed by atoms with van der Waals surface area (Å²) in [5, 5.41) is 2.96. The number of benzene rings is 1. The number of nitrogens with two attached hydrogens (primary N) is 1. The average molecular weight is 320 g/mol. The molecule has 0 saturated heterocycles. The predicted molar refractivity (Wildman–Crippen MR) is 78.9 cm³/mol. The van der Waals surface area contributed by atoms with Crippen LogP contribution < -0.4 is 15.8 Å². The van der Waals surface area contributed by atoms with E-state index in [-0.39, 0.29) is 17.1 Å².